The average Bonchev–Trinajstić information content (AvgIpc) is 3.00. The predicted octanol–water partition coefficient (Wildman–Crippen LogP) is 0.0204. The number of pyridine rings is 1. The van der Waals surface area contributed by atoms with Crippen molar-refractivity contribution in [2.24, 2.45) is 5.73 Å². The van der Waals surface area contributed by atoms with Gasteiger partial charge in [0.25, 0.3) is 5.91 Å². The molecule has 0 saturated carbocycles. The lowest BCUT2D eigenvalue weighted by atomic mass is 10.1. The molecule has 0 radical (unpaired) electrons. The van der Waals surface area contributed by atoms with Crippen LogP contribution in [0.3, 0.4) is 0 Å². The minimum absolute atomic E-state index is 0.125. The number of aromatic nitrogens is 4. The molecule has 134 valence electrons. The number of anilines is 2. The fourth-order valence-electron chi connectivity index (χ4n) is 2.35. The van der Waals surface area contributed by atoms with E-state index in [-0.39, 0.29) is 23.2 Å². The number of amides is 2. The predicted molar refractivity (Wildman–Crippen MR) is 96.3 cm³/mol. The molecule has 0 atom stereocenters. The van der Waals surface area contributed by atoms with Crippen molar-refractivity contribution in [1.29, 1.82) is 0 Å². The summed E-state index contributed by atoms with van der Waals surface area (Å²) in [5, 5.41) is 9.70. The second-order valence-electron chi connectivity index (χ2n) is 5.53. The van der Waals surface area contributed by atoms with Gasteiger partial charge in [0.1, 0.15) is 5.82 Å². The minimum atomic E-state index is -0.348. The molecule has 0 spiro atoms. The van der Waals surface area contributed by atoms with Crippen LogP contribution in [0.5, 0.6) is 0 Å². The zero-order chi connectivity index (χ0) is 18.7. The van der Waals surface area contributed by atoms with E-state index in [9.17, 15) is 9.59 Å². The lowest BCUT2D eigenvalue weighted by Crippen LogP contribution is -2.29. The highest BCUT2D eigenvalue weighted by molar-refractivity contribution is 5.99. The number of nitrogens with zero attached hydrogens (tertiary/aromatic N) is 4. The lowest BCUT2D eigenvalue weighted by molar-refractivity contribution is -0.114. The van der Waals surface area contributed by atoms with E-state index in [4.69, 9.17) is 11.5 Å². The van der Waals surface area contributed by atoms with Crippen LogP contribution >= 0.6 is 0 Å². The molecular weight excluding hydrogens is 336 g/mol. The number of carbonyl (C=O) groups excluding carboxylic acids is 2. The third kappa shape index (κ3) is 3.59. The molecule has 0 aliphatic carbocycles. The number of nitrogens with two attached hydrogens (primary N) is 2. The molecule has 0 aromatic carbocycles. The minimum Gasteiger partial charge on any atom is -0.383 e. The van der Waals surface area contributed by atoms with Crippen LogP contribution in [0.25, 0.3) is 16.9 Å². The maximum Gasteiger partial charge on any atom is 0.255 e. The molecule has 6 N–H and O–H groups in total. The average molecular weight is 354 g/mol. The summed E-state index contributed by atoms with van der Waals surface area (Å²) in [6.45, 7) is 2.07. The van der Waals surface area contributed by atoms with Crippen molar-refractivity contribution in [3.63, 3.8) is 0 Å². The molecule has 0 aliphatic rings. The Bertz CT molecular complexity index is 982. The Balaban J connectivity index is 1.95. The van der Waals surface area contributed by atoms with Gasteiger partial charge in [-0.15, -0.1) is 0 Å². The van der Waals surface area contributed by atoms with Crippen molar-refractivity contribution in [1.82, 2.24) is 24.9 Å². The first-order valence-corrected chi connectivity index (χ1v) is 7.86. The Morgan fingerprint density at radius 2 is 2.12 bits per heavy atom. The van der Waals surface area contributed by atoms with Crippen molar-refractivity contribution in [3.8, 4) is 11.3 Å². The standard InChI is InChI=1S/C16H18N8O2/c1-9(25)21-13-8-24-14(22-13)3-2-12(23-24)10-6-11(15(18)20-7-10)16(26)19-5-4-17/h2-3,6-8H,4-5,17H2,1H3,(H2,18,20)(H,19,26)(H,21,25). The van der Waals surface area contributed by atoms with E-state index in [2.05, 4.69) is 25.7 Å². The summed E-state index contributed by atoms with van der Waals surface area (Å²) in [5.41, 5.74) is 13.2. The van der Waals surface area contributed by atoms with Crippen LogP contribution in [0.4, 0.5) is 11.6 Å². The zero-order valence-corrected chi connectivity index (χ0v) is 14.1. The molecule has 10 nitrogen and oxygen atoms in total. The number of carbonyl (C=O) groups is 2. The summed E-state index contributed by atoms with van der Waals surface area (Å²) >= 11 is 0. The first-order chi connectivity index (χ1) is 12.5. The number of hydrogen-bond acceptors (Lipinski definition) is 7. The van der Waals surface area contributed by atoms with E-state index in [1.54, 1.807) is 24.4 Å². The smallest absolute Gasteiger partial charge is 0.255 e. The van der Waals surface area contributed by atoms with E-state index >= 15 is 0 Å². The summed E-state index contributed by atoms with van der Waals surface area (Å²) in [4.78, 5) is 31.6. The monoisotopic (exact) mass is 354 g/mol. The first kappa shape index (κ1) is 17.3. The highest BCUT2D eigenvalue weighted by atomic mass is 16.2. The van der Waals surface area contributed by atoms with Crippen LogP contribution in [0, 0.1) is 0 Å². The van der Waals surface area contributed by atoms with Crippen LogP contribution in [0.2, 0.25) is 0 Å². The van der Waals surface area contributed by atoms with Crippen LogP contribution in [-0.2, 0) is 4.79 Å². The molecule has 3 aromatic heterocycles. The quantitative estimate of drug-likeness (QED) is 0.503. The van der Waals surface area contributed by atoms with Crippen molar-refractivity contribution in [2.45, 2.75) is 6.92 Å². The highest BCUT2D eigenvalue weighted by Gasteiger charge is 2.13. The third-order valence-electron chi connectivity index (χ3n) is 3.51. The van der Waals surface area contributed by atoms with Gasteiger partial charge in [-0.05, 0) is 18.2 Å². The fourth-order valence-corrected chi connectivity index (χ4v) is 2.35. The molecule has 0 bridgehead atoms. The fraction of sp³-hybridized carbons (Fsp3) is 0.188. The van der Waals surface area contributed by atoms with Crippen LogP contribution in [-0.4, -0.2) is 44.5 Å². The number of nitrogens with one attached hydrogen (secondary N) is 2. The number of rotatable bonds is 5. The molecule has 26 heavy (non-hydrogen) atoms. The lowest BCUT2D eigenvalue weighted by Gasteiger charge is -2.08. The molecule has 3 rings (SSSR count). The zero-order valence-electron chi connectivity index (χ0n) is 14.1. The molecule has 0 fully saturated rings. The van der Waals surface area contributed by atoms with Gasteiger partial charge >= 0.3 is 0 Å². The van der Waals surface area contributed by atoms with E-state index in [1.165, 1.54) is 17.6 Å². The van der Waals surface area contributed by atoms with Gasteiger partial charge < -0.3 is 22.1 Å². The van der Waals surface area contributed by atoms with Gasteiger partial charge in [0, 0.05) is 31.8 Å². The van der Waals surface area contributed by atoms with Crippen LogP contribution in [0.1, 0.15) is 17.3 Å². The summed E-state index contributed by atoms with van der Waals surface area (Å²) in [6, 6.07) is 5.11. The van der Waals surface area contributed by atoms with Gasteiger partial charge in [-0.1, -0.05) is 0 Å². The van der Waals surface area contributed by atoms with Crippen molar-refractivity contribution in [3.05, 3.63) is 36.2 Å². The Morgan fingerprint density at radius 1 is 1.31 bits per heavy atom. The van der Waals surface area contributed by atoms with Gasteiger partial charge in [0.2, 0.25) is 5.91 Å². The van der Waals surface area contributed by atoms with E-state index in [0.717, 1.165) is 0 Å². The third-order valence-corrected chi connectivity index (χ3v) is 3.51. The van der Waals surface area contributed by atoms with Gasteiger partial charge in [0.05, 0.1) is 17.5 Å². The Morgan fingerprint density at radius 3 is 2.85 bits per heavy atom. The summed E-state index contributed by atoms with van der Waals surface area (Å²) < 4.78 is 1.53. The highest BCUT2D eigenvalue weighted by Crippen LogP contribution is 2.21. The largest absolute Gasteiger partial charge is 0.383 e. The van der Waals surface area contributed by atoms with Crippen LogP contribution in [0.15, 0.2) is 30.6 Å². The number of hydrogen-bond donors (Lipinski definition) is 4. The SMILES string of the molecule is CC(=O)Nc1cn2nc(-c3cnc(N)c(C(=O)NCCN)c3)ccc2n1. The second kappa shape index (κ2) is 7.15. The van der Waals surface area contributed by atoms with Gasteiger partial charge in [-0.2, -0.15) is 5.10 Å². The summed E-state index contributed by atoms with van der Waals surface area (Å²) in [6.07, 6.45) is 3.13. The van der Waals surface area contributed by atoms with Crippen molar-refractivity contribution < 1.29 is 9.59 Å². The van der Waals surface area contributed by atoms with E-state index < -0.39 is 0 Å². The number of nitrogen functional groups attached to an aromatic ring is 1. The molecular formula is C16H18N8O2. The Kier molecular flexibility index (Phi) is 4.76. The van der Waals surface area contributed by atoms with Crippen LogP contribution < -0.4 is 22.1 Å². The Hall–Kier alpha value is -3.53. The maximum absolute atomic E-state index is 12.2. The Labute approximate surface area is 148 Å². The van der Waals surface area contributed by atoms with Gasteiger partial charge in [-0.25, -0.2) is 14.5 Å². The molecule has 2 amide bonds. The molecule has 0 aliphatic heterocycles. The molecule has 3 aromatic rings. The summed E-state index contributed by atoms with van der Waals surface area (Å²) in [7, 11) is 0. The molecule has 3 heterocycles. The van der Waals surface area contributed by atoms with E-state index in [0.29, 0.717) is 35.8 Å². The second-order valence-corrected chi connectivity index (χ2v) is 5.53. The number of imidazole rings is 1. The van der Waals surface area contributed by atoms with Gasteiger partial charge in [-0.3, -0.25) is 9.59 Å². The molecule has 0 saturated heterocycles. The van der Waals surface area contributed by atoms with Gasteiger partial charge in [0.15, 0.2) is 11.5 Å². The number of fused-ring (bicyclic) bond motifs is 1. The first-order valence-electron chi connectivity index (χ1n) is 7.86. The van der Waals surface area contributed by atoms with Crippen molar-refractivity contribution in [2.75, 3.05) is 24.1 Å². The normalized spacial score (nSPS) is 10.7. The van der Waals surface area contributed by atoms with E-state index in [1.807, 2.05) is 0 Å². The summed E-state index contributed by atoms with van der Waals surface area (Å²) in [5.74, 6) is -0.0391. The van der Waals surface area contributed by atoms with Crippen molar-refractivity contribution >= 4 is 29.1 Å². The molecule has 10 heteroatoms. The topological polar surface area (TPSA) is 153 Å². The maximum atomic E-state index is 12.2. The molecule has 0 unspecified atom stereocenters.